The fourth-order valence-corrected chi connectivity index (χ4v) is 6.62. The number of benzene rings is 2. The third kappa shape index (κ3) is 6.82. The van der Waals surface area contributed by atoms with Crippen LogP contribution in [0.3, 0.4) is 0 Å². The van der Waals surface area contributed by atoms with Gasteiger partial charge in [0.25, 0.3) is 0 Å². The van der Waals surface area contributed by atoms with Crippen LogP contribution in [0.25, 0.3) is 17.0 Å². The minimum absolute atomic E-state index is 0.0429. The van der Waals surface area contributed by atoms with Crippen LogP contribution in [-0.2, 0) is 27.3 Å². The van der Waals surface area contributed by atoms with E-state index < -0.39 is 5.97 Å². The molecule has 0 aliphatic carbocycles. The lowest BCUT2D eigenvalue weighted by molar-refractivity contribution is -0.138. The molecule has 0 atom stereocenters. The van der Waals surface area contributed by atoms with Gasteiger partial charge in [-0.25, -0.2) is 9.79 Å². The smallest absolute Gasteiger partial charge is 0.344 e. The standard InChI is InChI=1S/C34H39N3O5S/c1-4-23-12-11-13-27-24(21-37(31(23)27)22-29(38)36-18-9-7-8-10-19-36)20-28-32(39)30(34(40)42-6-3)33(43-28)35-25-14-16-26(17-15-25)41-5-2/h11-17,20-21,39H,4-10,18-19,22H2,1-3H3/b28-20-,35-33?. The van der Waals surface area contributed by atoms with Crippen molar-refractivity contribution in [3.05, 3.63) is 76.0 Å². The molecule has 1 aromatic heterocycles. The third-order valence-corrected chi connectivity index (χ3v) is 8.71. The summed E-state index contributed by atoms with van der Waals surface area (Å²) in [6, 6.07) is 13.4. The number of carbonyl (C=O) groups excluding carboxylic acids is 2. The molecule has 0 spiro atoms. The van der Waals surface area contributed by atoms with E-state index in [4.69, 9.17) is 9.47 Å². The van der Waals surface area contributed by atoms with Crippen molar-refractivity contribution in [1.82, 2.24) is 9.47 Å². The molecule has 1 saturated heterocycles. The van der Waals surface area contributed by atoms with Gasteiger partial charge in [0.1, 0.15) is 28.7 Å². The average molecular weight is 602 g/mol. The number of nitrogens with zero attached hydrogens (tertiary/aromatic N) is 3. The van der Waals surface area contributed by atoms with Crippen LogP contribution in [-0.4, -0.2) is 57.8 Å². The quantitative estimate of drug-likeness (QED) is 0.261. The van der Waals surface area contributed by atoms with Crippen molar-refractivity contribution in [1.29, 1.82) is 0 Å². The fourth-order valence-electron chi connectivity index (χ4n) is 5.59. The van der Waals surface area contributed by atoms with E-state index in [1.165, 1.54) is 24.6 Å². The van der Waals surface area contributed by atoms with Crippen molar-refractivity contribution >= 4 is 51.3 Å². The molecule has 0 bridgehead atoms. The number of rotatable bonds is 9. The molecule has 2 aromatic carbocycles. The second-order valence-electron chi connectivity index (χ2n) is 10.6. The third-order valence-electron chi connectivity index (χ3n) is 7.69. The number of ether oxygens (including phenoxy) is 2. The molecule has 2 aliphatic rings. The Labute approximate surface area is 257 Å². The van der Waals surface area contributed by atoms with Crippen LogP contribution in [0.15, 0.2) is 69.9 Å². The molecule has 5 rings (SSSR count). The highest BCUT2D eigenvalue weighted by atomic mass is 32.2. The number of fused-ring (bicyclic) bond motifs is 1. The maximum Gasteiger partial charge on any atom is 0.344 e. The van der Waals surface area contributed by atoms with Crippen LogP contribution in [0.2, 0.25) is 0 Å². The highest BCUT2D eigenvalue weighted by molar-refractivity contribution is 8.18. The first kappa shape index (κ1) is 30.5. The lowest BCUT2D eigenvalue weighted by Gasteiger charge is -2.21. The first-order valence-corrected chi connectivity index (χ1v) is 16.0. The summed E-state index contributed by atoms with van der Waals surface area (Å²) in [6.07, 6.45) is 9.09. The number of hydrogen-bond acceptors (Lipinski definition) is 7. The van der Waals surface area contributed by atoms with Crippen molar-refractivity contribution in [3.63, 3.8) is 0 Å². The van der Waals surface area contributed by atoms with Crippen LogP contribution in [0.1, 0.15) is 57.6 Å². The van der Waals surface area contributed by atoms with E-state index in [9.17, 15) is 14.7 Å². The number of amides is 1. The van der Waals surface area contributed by atoms with Crippen molar-refractivity contribution in [2.75, 3.05) is 26.3 Å². The zero-order valence-corrected chi connectivity index (χ0v) is 25.9. The topological polar surface area (TPSA) is 93.4 Å². The van der Waals surface area contributed by atoms with E-state index in [0.29, 0.717) is 22.2 Å². The number of aliphatic hydroxyl groups is 1. The van der Waals surface area contributed by atoms with Crippen LogP contribution in [0.4, 0.5) is 5.69 Å². The minimum atomic E-state index is -0.626. The molecule has 9 heteroatoms. The number of thioether (sulfide) groups is 1. The van der Waals surface area contributed by atoms with Gasteiger partial charge in [-0.05, 0) is 69.0 Å². The molecule has 226 valence electrons. The van der Waals surface area contributed by atoms with E-state index in [2.05, 4.69) is 18.0 Å². The van der Waals surface area contributed by atoms with E-state index in [0.717, 1.165) is 60.1 Å². The molecule has 1 fully saturated rings. The van der Waals surface area contributed by atoms with Gasteiger partial charge in [0.05, 0.1) is 29.3 Å². The molecule has 1 amide bonds. The molecule has 0 radical (unpaired) electrons. The normalized spacial score (nSPS) is 17.6. The predicted octanol–water partition coefficient (Wildman–Crippen LogP) is 7.20. The lowest BCUT2D eigenvalue weighted by atomic mass is 10.1. The highest BCUT2D eigenvalue weighted by Crippen LogP contribution is 2.41. The van der Waals surface area contributed by atoms with Crippen LogP contribution in [0, 0.1) is 0 Å². The first-order valence-electron chi connectivity index (χ1n) is 15.1. The Morgan fingerprint density at radius 1 is 1.00 bits per heavy atom. The van der Waals surface area contributed by atoms with E-state index in [1.54, 1.807) is 19.1 Å². The number of aliphatic hydroxyl groups excluding tert-OH is 1. The lowest BCUT2D eigenvalue weighted by Crippen LogP contribution is -2.34. The molecule has 2 aliphatic heterocycles. The average Bonchev–Trinajstić information content (AvgIpc) is 3.34. The van der Waals surface area contributed by atoms with Crippen LogP contribution >= 0.6 is 11.8 Å². The number of para-hydroxylation sites is 1. The Kier molecular flexibility index (Phi) is 9.92. The second kappa shape index (κ2) is 14.0. The molecule has 43 heavy (non-hydrogen) atoms. The molecule has 3 aromatic rings. The molecule has 0 unspecified atom stereocenters. The zero-order chi connectivity index (χ0) is 30.3. The molecular weight excluding hydrogens is 562 g/mol. The summed E-state index contributed by atoms with van der Waals surface area (Å²) in [5.41, 5.74) is 3.68. The number of aromatic nitrogens is 1. The first-order chi connectivity index (χ1) is 20.9. The minimum Gasteiger partial charge on any atom is -0.506 e. The molecule has 8 nitrogen and oxygen atoms in total. The van der Waals surface area contributed by atoms with Gasteiger partial charge in [-0.15, -0.1) is 0 Å². The van der Waals surface area contributed by atoms with Gasteiger partial charge in [0.2, 0.25) is 5.91 Å². The zero-order valence-electron chi connectivity index (χ0n) is 25.1. The maximum absolute atomic E-state index is 13.4. The fraction of sp³-hybridized carbons (Fsp3) is 0.382. The van der Waals surface area contributed by atoms with Gasteiger partial charge in [0, 0.05) is 30.2 Å². The van der Waals surface area contributed by atoms with Gasteiger partial charge in [0.15, 0.2) is 0 Å². The largest absolute Gasteiger partial charge is 0.506 e. The van der Waals surface area contributed by atoms with Crippen molar-refractivity contribution in [2.24, 2.45) is 4.99 Å². The van der Waals surface area contributed by atoms with Gasteiger partial charge >= 0.3 is 5.97 Å². The number of aliphatic imine (C=N–C) groups is 1. The van der Waals surface area contributed by atoms with E-state index in [-0.39, 0.29) is 30.4 Å². The van der Waals surface area contributed by atoms with Crippen LogP contribution < -0.4 is 4.74 Å². The summed E-state index contributed by atoms with van der Waals surface area (Å²) in [5, 5.41) is 12.7. The monoisotopic (exact) mass is 601 g/mol. The second-order valence-corrected chi connectivity index (χ2v) is 11.6. The SMILES string of the molecule is CCOC(=O)C1=C(O)/C(=C/c2cn(CC(=O)N3CCCCCC3)c3c(CC)cccc23)SC1=Nc1ccc(OCC)cc1. The summed E-state index contributed by atoms with van der Waals surface area (Å²) >= 11 is 1.22. The summed E-state index contributed by atoms with van der Waals surface area (Å²) in [4.78, 5) is 33.5. The van der Waals surface area contributed by atoms with Crippen molar-refractivity contribution < 1.29 is 24.2 Å². The number of likely N-dealkylation sites (tertiary alicyclic amines) is 1. The molecular formula is C34H39N3O5S. The Morgan fingerprint density at radius 2 is 1.74 bits per heavy atom. The van der Waals surface area contributed by atoms with Crippen molar-refractivity contribution in [3.8, 4) is 5.75 Å². The van der Waals surface area contributed by atoms with E-state index in [1.807, 2.05) is 52.9 Å². The summed E-state index contributed by atoms with van der Waals surface area (Å²) < 4.78 is 12.8. The van der Waals surface area contributed by atoms with Gasteiger partial charge in [-0.3, -0.25) is 4.79 Å². The molecule has 0 saturated carbocycles. The molecule has 1 N–H and O–H groups in total. The number of hydrogen-bond donors (Lipinski definition) is 1. The number of carbonyl (C=O) groups is 2. The van der Waals surface area contributed by atoms with Gasteiger partial charge in [-0.1, -0.05) is 49.7 Å². The number of aryl methyl sites for hydroxylation is 1. The summed E-state index contributed by atoms with van der Waals surface area (Å²) in [6.45, 7) is 8.35. The van der Waals surface area contributed by atoms with Crippen molar-refractivity contribution in [2.45, 2.75) is 59.4 Å². The van der Waals surface area contributed by atoms with Gasteiger partial charge in [-0.2, -0.15) is 0 Å². The Balaban J connectivity index is 1.53. The number of esters is 1. The van der Waals surface area contributed by atoms with E-state index >= 15 is 0 Å². The summed E-state index contributed by atoms with van der Waals surface area (Å²) in [5.74, 6) is 0.0594. The molecule has 3 heterocycles. The Hall–Kier alpha value is -3.98. The highest BCUT2D eigenvalue weighted by Gasteiger charge is 2.33. The Morgan fingerprint density at radius 3 is 2.42 bits per heavy atom. The maximum atomic E-state index is 13.4. The van der Waals surface area contributed by atoms with Gasteiger partial charge < -0.3 is 24.0 Å². The Bertz CT molecular complexity index is 1580. The van der Waals surface area contributed by atoms with Crippen LogP contribution in [0.5, 0.6) is 5.75 Å². The summed E-state index contributed by atoms with van der Waals surface area (Å²) in [7, 11) is 0. The predicted molar refractivity (Wildman–Crippen MR) is 173 cm³/mol.